The van der Waals surface area contributed by atoms with Gasteiger partial charge in [0.1, 0.15) is 0 Å². The van der Waals surface area contributed by atoms with Crippen LogP contribution in [0.3, 0.4) is 0 Å². The predicted octanol–water partition coefficient (Wildman–Crippen LogP) is 2.85. The van der Waals surface area contributed by atoms with Crippen molar-refractivity contribution in [1.29, 1.82) is 0 Å². The standard InChI is InChI=1S/C15H25N5S/c1-6-16-12(8-7-11-9-10-17-20(11)5)13-14(15(2,3)4)18-19-21-13/h9-10,12,16H,6-8H2,1-5H3. The van der Waals surface area contributed by atoms with Gasteiger partial charge in [0.15, 0.2) is 0 Å². The summed E-state index contributed by atoms with van der Waals surface area (Å²) in [7, 11) is 1.99. The third-order valence-electron chi connectivity index (χ3n) is 3.60. The van der Waals surface area contributed by atoms with Crippen LogP contribution in [0, 0.1) is 0 Å². The van der Waals surface area contributed by atoms with Gasteiger partial charge in [-0.1, -0.05) is 32.2 Å². The average Bonchev–Trinajstić information content (AvgIpc) is 3.03. The predicted molar refractivity (Wildman–Crippen MR) is 86.6 cm³/mol. The summed E-state index contributed by atoms with van der Waals surface area (Å²) in [5.74, 6) is 0. The molecule has 2 heterocycles. The molecule has 1 atom stereocenters. The van der Waals surface area contributed by atoms with Gasteiger partial charge >= 0.3 is 0 Å². The number of hydrogen-bond donors (Lipinski definition) is 1. The molecule has 116 valence electrons. The van der Waals surface area contributed by atoms with E-state index in [4.69, 9.17) is 0 Å². The molecule has 0 radical (unpaired) electrons. The van der Waals surface area contributed by atoms with Crippen LogP contribution in [0.25, 0.3) is 0 Å². The van der Waals surface area contributed by atoms with Crippen molar-refractivity contribution >= 4 is 11.5 Å². The fraction of sp³-hybridized carbons (Fsp3) is 0.667. The Morgan fingerprint density at radius 3 is 2.71 bits per heavy atom. The SMILES string of the molecule is CCNC(CCc1ccnn1C)c1snnc1C(C)(C)C. The van der Waals surface area contributed by atoms with Gasteiger partial charge in [-0.3, -0.25) is 4.68 Å². The number of aromatic nitrogens is 4. The molecule has 21 heavy (non-hydrogen) atoms. The summed E-state index contributed by atoms with van der Waals surface area (Å²) in [6.07, 6.45) is 3.88. The number of nitrogens with zero attached hydrogens (tertiary/aromatic N) is 4. The van der Waals surface area contributed by atoms with Gasteiger partial charge in [0.2, 0.25) is 0 Å². The molecule has 1 unspecified atom stereocenters. The second-order valence-electron chi connectivity index (χ2n) is 6.33. The van der Waals surface area contributed by atoms with Crippen LogP contribution in [0.2, 0.25) is 0 Å². The maximum Gasteiger partial charge on any atom is 0.0857 e. The van der Waals surface area contributed by atoms with Crippen LogP contribution in [0.15, 0.2) is 12.3 Å². The van der Waals surface area contributed by atoms with E-state index >= 15 is 0 Å². The zero-order valence-corrected chi connectivity index (χ0v) is 14.4. The Morgan fingerprint density at radius 2 is 2.14 bits per heavy atom. The van der Waals surface area contributed by atoms with Crippen molar-refractivity contribution in [3.05, 3.63) is 28.5 Å². The lowest BCUT2D eigenvalue weighted by Crippen LogP contribution is -2.25. The van der Waals surface area contributed by atoms with E-state index in [9.17, 15) is 0 Å². The zero-order valence-electron chi connectivity index (χ0n) is 13.6. The summed E-state index contributed by atoms with van der Waals surface area (Å²) in [5, 5.41) is 12.2. The highest BCUT2D eigenvalue weighted by Gasteiger charge is 2.26. The zero-order chi connectivity index (χ0) is 15.5. The van der Waals surface area contributed by atoms with Gasteiger partial charge in [-0.15, -0.1) is 5.10 Å². The van der Waals surface area contributed by atoms with Crippen LogP contribution in [0.5, 0.6) is 0 Å². The van der Waals surface area contributed by atoms with Crippen molar-refractivity contribution in [1.82, 2.24) is 24.7 Å². The second kappa shape index (κ2) is 6.66. The van der Waals surface area contributed by atoms with Gasteiger partial charge in [-0.05, 0) is 37.0 Å². The molecule has 0 spiro atoms. The molecular weight excluding hydrogens is 282 g/mol. The van der Waals surface area contributed by atoms with E-state index < -0.39 is 0 Å². The van der Waals surface area contributed by atoms with E-state index in [1.165, 1.54) is 22.1 Å². The molecule has 6 heteroatoms. The van der Waals surface area contributed by atoms with Gasteiger partial charge in [0.25, 0.3) is 0 Å². The topological polar surface area (TPSA) is 55.6 Å². The normalized spacial score (nSPS) is 13.6. The van der Waals surface area contributed by atoms with E-state index in [-0.39, 0.29) is 5.41 Å². The lowest BCUT2D eigenvalue weighted by molar-refractivity contribution is 0.488. The molecule has 2 aromatic heterocycles. The highest BCUT2D eigenvalue weighted by atomic mass is 32.1. The number of rotatable bonds is 6. The van der Waals surface area contributed by atoms with Gasteiger partial charge in [-0.2, -0.15) is 5.10 Å². The molecule has 2 rings (SSSR count). The van der Waals surface area contributed by atoms with Crippen LogP contribution in [0.4, 0.5) is 0 Å². The van der Waals surface area contributed by atoms with Crippen LogP contribution in [-0.2, 0) is 18.9 Å². The van der Waals surface area contributed by atoms with E-state index in [0.29, 0.717) is 6.04 Å². The van der Waals surface area contributed by atoms with Crippen molar-refractivity contribution in [2.75, 3.05) is 6.54 Å². The largest absolute Gasteiger partial charge is 0.309 e. The Kier molecular flexibility index (Phi) is 5.11. The molecular formula is C15H25N5S. The van der Waals surface area contributed by atoms with E-state index in [2.05, 4.69) is 53.8 Å². The smallest absolute Gasteiger partial charge is 0.0857 e. The monoisotopic (exact) mass is 307 g/mol. The van der Waals surface area contributed by atoms with Gasteiger partial charge < -0.3 is 5.32 Å². The highest BCUT2D eigenvalue weighted by Crippen LogP contribution is 2.32. The van der Waals surface area contributed by atoms with Gasteiger partial charge in [0.05, 0.1) is 10.6 Å². The molecule has 0 bridgehead atoms. The minimum atomic E-state index is 0.0303. The molecule has 1 N–H and O–H groups in total. The Labute approximate surface area is 130 Å². The van der Waals surface area contributed by atoms with Crippen LogP contribution in [-0.4, -0.2) is 25.9 Å². The molecule has 0 aliphatic carbocycles. The molecule has 5 nitrogen and oxygen atoms in total. The first-order valence-corrected chi connectivity index (χ1v) is 8.23. The number of nitrogens with one attached hydrogen (secondary N) is 1. The average molecular weight is 307 g/mol. The summed E-state index contributed by atoms with van der Waals surface area (Å²) in [6, 6.07) is 2.39. The molecule has 0 saturated heterocycles. The number of aryl methyl sites for hydroxylation is 2. The Bertz CT molecular complexity index is 567. The summed E-state index contributed by atoms with van der Waals surface area (Å²) in [6.45, 7) is 9.66. The second-order valence-corrected chi connectivity index (χ2v) is 7.12. The van der Waals surface area contributed by atoms with Crippen LogP contribution < -0.4 is 5.32 Å². The Balaban J connectivity index is 2.16. The quantitative estimate of drug-likeness (QED) is 0.891. The Hall–Kier alpha value is -1.27. The van der Waals surface area contributed by atoms with Crippen molar-refractivity contribution in [2.24, 2.45) is 7.05 Å². The fourth-order valence-electron chi connectivity index (χ4n) is 2.46. The van der Waals surface area contributed by atoms with Crippen LogP contribution >= 0.6 is 11.5 Å². The number of hydrogen-bond acceptors (Lipinski definition) is 5. The molecule has 0 aromatic carbocycles. The molecule has 0 aliphatic rings. The first-order valence-electron chi connectivity index (χ1n) is 7.46. The van der Waals surface area contributed by atoms with Crippen molar-refractivity contribution in [2.45, 2.75) is 52.0 Å². The summed E-state index contributed by atoms with van der Waals surface area (Å²) in [5.41, 5.74) is 2.40. The van der Waals surface area contributed by atoms with E-state index in [1.807, 2.05) is 17.9 Å². The minimum absolute atomic E-state index is 0.0303. The van der Waals surface area contributed by atoms with Gasteiger partial charge in [0, 0.05) is 30.4 Å². The first kappa shape index (κ1) is 16.1. The van der Waals surface area contributed by atoms with Crippen molar-refractivity contribution in [3.63, 3.8) is 0 Å². The Morgan fingerprint density at radius 1 is 1.38 bits per heavy atom. The summed E-state index contributed by atoms with van der Waals surface area (Å²) >= 11 is 1.52. The molecule has 0 aliphatic heterocycles. The van der Waals surface area contributed by atoms with Gasteiger partial charge in [-0.25, -0.2) is 0 Å². The fourth-order valence-corrected chi connectivity index (χ4v) is 3.43. The molecule has 0 fully saturated rings. The maximum atomic E-state index is 4.36. The first-order chi connectivity index (χ1) is 9.93. The summed E-state index contributed by atoms with van der Waals surface area (Å²) in [4.78, 5) is 1.27. The highest BCUT2D eigenvalue weighted by molar-refractivity contribution is 7.05. The lowest BCUT2D eigenvalue weighted by Gasteiger charge is -2.22. The molecule has 0 amide bonds. The van der Waals surface area contributed by atoms with Crippen molar-refractivity contribution in [3.8, 4) is 0 Å². The minimum Gasteiger partial charge on any atom is -0.309 e. The third-order valence-corrected chi connectivity index (χ3v) is 4.44. The molecule has 0 saturated carbocycles. The maximum absolute atomic E-state index is 4.36. The van der Waals surface area contributed by atoms with E-state index in [1.54, 1.807) is 0 Å². The lowest BCUT2D eigenvalue weighted by atomic mass is 9.89. The molecule has 2 aromatic rings. The van der Waals surface area contributed by atoms with E-state index in [0.717, 1.165) is 25.1 Å². The third kappa shape index (κ3) is 3.89. The van der Waals surface area contributed by atoms with Crippen molar-refractivity contribution < 1.29 is 0 Å². The summed E-state index contributed by atoms with van der Waals surface area (Å²) < 4.78 is 6.13. The van der Waals surface area contributed by atoms with Crippen LogP contribution in [0.1, 0.15) is 56.4 Å².